The van der Waals surface area contributed by atoms with Crippen molar-refractivity contribution < 1.29 is 22.1 Å². The van der Waals surface area contributed by atoms with Crippen LogP contribution in [0.15, 0.2) is 9.65 Å². The van der Waals surface area contributed by atoms with Crippen molar-refractivity contribution in [2.24, 2.45) is 26.9 Å². The number of nitrogens with two attached hydrogens (primary N) is 3. The Bertz CT molecular complexity index is 530. The molecule has 0 aliphatic heterocycles. The van der Waals surface area contributed by atoms with Crippen LogP contribution in [0.4, 0.5) is 0 Å². The minimum atomic E-state index is -2.89. The quantitative estimate of drug-likeness (QED) is 0.0831. The van der Waals surface area contributed by atoms with E-state index in [9.17, 15) is 0 Å². The number of nitrogens with zero attached hydrogens (tertiary/aromatic N) is 2. The van der Waals surface area contributed by atoms with Gasteiger partial charge in [0.2, 0.25) is 5.96 Å². The Hall–Kier alpha value is -1.07. The summed E-state index contributed by atoms with van der Waals surface area (Å²) in [6.45, 7) is 13.7. The van der Waals surface area contributed by atoms with Gasteiger partial charge in [-0.3, -0.25) is 0 Å². The summed E-state index contributed by atoms with van der Waals surface area (Å²) in [5.41, 5.74) is 17.0. The van der Waals surface area contributed by atoms with Crippen LogP contribution in [0.1, 0.15) is 60.3 Å². The molecule has 196 valence electrons. The summed E-state index contributed by atoms with van der Waals surface area (Å²) in [6, 6.07) is 1.43. The number of unbranched alkanes of at least 4 members (excludes halogenated alkanes) is 2. The highest BCUT2D eigenvalue weighted by atomic mass is 28.4. The van der Waals surface area contributed by atoms with Gasteiger partial charge in [-0.1, -0.05) is 0 Å². The molecule has 0 saturated carbocycles. The van der Waals surface area contributed by atoms with Crippen molar-refractivity contribution >= 4 is 29.4 Å². The van der Waals surface area contributed by atoms with Gasteiger partial charge < -0.3 is 44.6 Å². The number of hydrogen-bond donors (Lipinski definition) is 4. The van der Waals surface area contributed by atoms with Crippen LogP contribution in [0.5, 0.6) is 0 Å². The number of hydrogen-bond acceptors (Lipinski definition) is 7. The van der Waals surface area contributed by atoms with Gasteiger partial charge in [-0.05, 0) is 66.8 Å². The van der Waals surface area contributed by atoms with Gasteiger partial charge in [0, 0.05) is 51.7 Å². The van der Waals surface area contributed by atoms with E-state index in [0.717, 1.165) is 31.7 Å². The summed E-state index contributed by atoms with van der Waals surface area (Å²) in [4.78, 5) is 4.18. The minimum absolute atomic E-state index is 0.0745. The second kappa shape index (κ2) is 19.3. The van der Waals surface area contributed by atoms with Crippen LogP contribution in [0.2, 0.25) is 12.1 Å². The van der Waals surface area contributed by atoms with Crippen molar-refractivity contribution in [3.05, 3.63) is 0 Å². The van der Waals surface area contributed by atoms with Crippen molar-refractivity contribution in [1.29, 1.82) is 0 Å². The van der Waals surface area contributed by atoms with Gasteiger partial charge in [-0.2, -0.15) is 4.99 Å². The summed E-state index contributed by atoms with van der Waals surface area (Å²) in [5.74, 6) is 0.258. The fourth-order valence-corrected chi connectivity index (χ4v) is 8.66. The fourth-order valence-electron chi connectivity index (χ4n) is 3.31. The molecular weight excluding hydrogens is 460 g/mol. The molecule has 0 spiro atoms. The lowest BCUT2D eigenvalue weighted by molar-refractivity contribution is 0.0707. The summed E-state index contributed by atoms with van der Waals surface area (Å²) >= 11 is 0. The second-order valence-electron chi connectivity index (χ2n) is 7.16. The normalized spacial score (nSPS) is 12.7. The summed E-state index contributed by atoms with van der Waals surface area (Å²) in [6.07, 6.45) is 3.44. The van der Waals surface area contributed by atoms with Gasteiger partial charge in [-0.25, -0.2) is 4.66 Å². The fraction of sp³-hybridized carbons (Fsp3) is 0.900. The first-order chi connectivity index (χ1) is 15.9. The maximum absolute atomic E-state index is 6.03. The molecule has 0 bridgehead atoms. The number of nitrogens with one attached hydrogen (secondary N) is 1. The van der Waals surface area contributed by atoms with E-state index in [1.54, 1.807) is 0 Å². The smallest absolute Gasteiger partial charge is 0.378 e. The Balaban J connectivity index is 5.26. The number of aliphatic imine (C=N–C) groups is 1. The predicted molar refractivity (Wildman–Crippen MR) is 138 cm³/mol. The van der Waals surface area contributed by atoms with Crippen LogP contribution in [-0.4, -0.2) is 75.6 Å². The van der Waals surface area contributed by atoms with Gasteiger partial charge >= 0.3 is 17.5 Å². The monoisotopic (exact) mass is 508 g/mol. The first kappa shape index (κ1) is 31.9. The van der Waals surface area contributed by atoms with E-state index < -0.39 is 17.5 Å². The van der Waals surface area contributed by atoms with Crippen LogP contribution in [0.3, 0.4) is 0 Å². The third-order valence-electron chi connectivity index (χ3n) is 4.48. The highest BCUT2D eigenvalue weighted by Crippen LogP contribution is 2.20. The summed E-state index contributed by atoms with van der Waals surface area (Å²) in [5, 5.41) is 3.24. The average molecular weight is 509 g/mol. The zero-order valence-corrected chi connectivity index (χ0v) is 23.4. The lowest BCUT2D eigenvalue weighted by atomic mass is 10.3. The lowest BCUT2D eigenvalue weighted by Gasteiger charge is -2.28. The molecule has 0 rings (SSSR count). The van der Waals surface area contributed by atoms with Crippen LogP contribution < -0.4 is 22.5 Å². The van der Waals surface area contributed by atoms with Crippen molar-refractivity contribution in [2.45, 2.75) is 72.4 Å². The second-order valence-corrected chi connectivity index (χ2v) is 12.6. The maximum Gasteiger partial charge on any atom is 0.500 e. The average Bonchev–Trinajstić information content (AvgIpc) is 2.74. The first-order valence-corrected chi connectivity index (χ1v) is 16.1. The van der Waals surface area contributed by atoms with Gasteiger partial charge in [-0.15, -0.1) is 0 Å². The zero-order valence-electron chi connectivity index (χ0n) is 21.4. The van der Waals surface area contributed by atoms with Gasteiger partial charge in [0.25, 0.3) is 0 Å². The predicted octanol–water partition coefficient (Wildman–Crippen LogP) is 1.78. The van der Waals surface area contributed by atoms with E-state index in [1.165, 1.54) is 0 Å². The Morgan fingerprint density at radius 3 is 1.70 bits per heavy atom. The molecule has 13 heteroatoms. The third-order valence-corrected chi connectivity index (χ3v) is 10.7. The molecule has 11 nitrogen and oxygen atoms in total. The number of rotatable bonds is 20. The molecule has 0 fully saturated rings. The van der Waals surface area contributed by atoms with Gasteiger partial charge in [0.1, 0.15) is 0 Å². The van der Waals surface area contributed by atoms with Crippen molar-refractivity contribution in [2.75, 3.05) is 46.1 Å². The molecule has 0 aromatic rings. The molecule has 0 aliphatic rings. The van der Waals surface area contributed by atoms with Gasteiger partial charge in [0.15, 0.2) is 5.96 Å². The van der Waals surface area contributed by atoms with Crippen LogP contribution >= 0.6 is 0 Å². The van der Waals surface area contributed by atoms with Crippen LogP contribution in [-0.2, 0) is 22.1 Å². The minimum Gasteiger partial charge on any atom is -0.378 e. The molecular formula is C20H48N6O5Si2. The Morgan fingerprint density at radius 2 is 1.24 bits per heavy atom. The maximum atomic E-state index is 6.03. The molecule has 33 heavy (non-hydrogen) atoms. The molecule has 0 amide bonds. The molecule has 0 radical (unpaired) electrons. The largest absolute Gasteiger partial charge is 0.500 e. The van der Waals surface area contributed by atoms with Crippen molar-refractivity contribution in [3.8, 4) is 0 Å². The molecule has 0 unspecified atom stereocenters. The molecule has 0 atom stereocenters. The Labute approximate surface area is 202 Å². The Morgan fingerprint density at radius 1 is 0.727 bits per heavy atom. The molecule has 0 heterocycles. The standard InChI is InChI=1S/C20H48N6O5Si2/c1-6-27-32(28-7-2,17-13-11-15-21)26-20(25-19(22)23)24-16-12-14-18-33(29-8-3,30-9-4)31-10-5/h6-18,21H2,1-5H3,(H5,22,23,24,25,26). The van der Waals surface area contributed by atoms with E-state index in [2.05, 4.69) is 10.3 Å². The third kappa shape index (κ3) is 14.0. The zero-order chi connectivity index (χ0) is 25.0. The highest BCUT2D eigenvalue weighted by Gasteiger charge is 2.40. The SMILES string of the molecule is CCO[Si](CCCCN)(/N=C(\N=C(N)N)NCCCC[Si](OCC)(OCC)OCC)OCC. The molecule has 0 aromatic carbocycles. The Kier molecular flexibility index (Phi) is 18.6. The molecule has 7 N–H and O–H groups in total. The van der Waals surface area contributed by atoms with E-state index in [4.69, 9.17) is 44.0 Å². The lowest BCUT2D eigenvalue weighted by Crippen LogP contribution is -2.46. The van der Waals surface area contributed by atoms with E-state index in [1.807, 2.05) is 34.6 Å². The highest BCUT2D eigenvalue weighted by molar-refractivity contribution is 6.67. The summed E-state index contributed by atoms with van der Waals surface area (Å²) < 4.78 is 34.6. The van der Waals surface area contributed by atoms with Crippen molar-refractivity contribution in [1.82, 2.24) is 5.32 Å². The summed E-state index contributed by atoms with van der Waals surface area (Å²) in [7, 11) is -5.54. The first-order valence-electron chi connectivity index (χ1n) is 12.2. The number of guanidine groups is 2. The molecule has 0 saturated heterocycles. The van der Waals surface area contributed by atoms with Gasteiger partial charge in [0.05, 0.1) is 0 Å². The van der Waals surface area contributed by atoms with E-state index >= 15 is 0 Å². The van der Waals surface area contributed by atoms with Crippen LogP contribution in [0.25, 0.3) is 0 Å². The van der Waals surface area contributed by atoms with E-state index in [0.29, 0.717) is 58.1 Å². The molecule has 0 aromatic heterocycles. The van der Waals surface area contributed by atoms with Crippen LogP contribution in [0, 0.1) is 0 Å². The van der Waals surface area contributed by atoms with Crippen molar-refractivity contribution in [3.63, 3.8) is 0 Å². The molecule has 0 aliphatic carbocycles. The topological polar surface area (TPSA) is 161 Å². The van der Waals surface area contributed by atoms with E-state index in [-0.39, 0.29) is 5.96 Å².